The van der Waals surface area contributed by atoms with Gasteiger partial charge < -0.3 is 5.32 Å². The fourth-order valence-electron chi connectivity index (χ4n) is 1.27. The Labute approximate surface area is 92.4 Å². The molecule has 0 aliphatic rings. The third-order valence-electron chi connectivity index (χ3n) is 2.47. The van der Waals surface area contributed by atoms with E-state index in [4.69, 9.17) is 11.6 Å². The third kappa shape index (κ3) is 4.85. The molecule has 0 saturated heterocycles. The van der Waals surface area contributed by atoms with Crippen LogP contribution in [0.15, 0.2) is 0 Å². The van der Waals surface area contributed by atoms with Crippen molar-refractivity contribution in [1.82, 2.24) is 5.32 Å². The van der Waals surface area contributed by atoms with Gasteiger partial charge in [-0.2, -0.15) is 0 Å². The van der Waals surface area contributed by atoms with E-state index >= 15 is 0 Å². The number of carbonyl (C=O) groups excluding carboxylic acids is 1. The van der Waals surface area contributed by atoms with Gasteiger partial charge in [-0.3, -0.25) is 4.79 Å². The molecule has 0 rings (SSSR count). The number of hydrogen-bond acceptors (Lipinski definition) is 1. The molecular weight excluding hydrogens is 198 g/mol. The van der Waals surface area contributed by atoms with Crippen molar-refractivity contribution in [2.75, 3.05) is 5.88 Å². The topological polar surface area (TPSA) is 29.1 Å². The summed E-state index contributed by atoms with van der Waals surface area (Å²) in [7, 11) is 0. The maximum Gasteiger partial charge on any atom is 0.223 e. The maximum absolute atomic E-state index is 11.6. The first-order chi connectivity index (χ1) is 6.52. The summed E-state index contributed by atoms with van der Waals surface area (Å²) in [6.07, 6.45) is 1.99. The molecule has 0 aromatic rings. The fraction of sp³-hybridized carbons (Fsp3) is 0.909. The Bertz CT molecular complexity index is 171. The molecule has 2 unspecified atom stereocenters. The molecule has 0 aromatic carbocycles. The van der Waals surface area contributed by atoms with Gasteiger partial charge in [-0.05, 0) is 12.3 Å². The van der Waals surface area contributed by atoms with E-state index in [0.29, 0.717) is 11.8 Å². The number of amides is 1. The summed E-state index contributed by atoms with van der Waals surface area (Å²) in [6, 6.07) is 0.100. The molecule has 0 aliphatic carbocycles. The molecule has 0 radical (unpaired) electrons. The maximum atomic E-state index is 11.6. The largest absolute Gasteiger partial charge is 0.352 e. The molecule has 0 spiro atoms. The van der Waals surface area contributed by atoms with Crippen LogP contribution in [0.5, 0.6) is 0 Å². The van der Waals surface area contributed by atoms with Crippen LogP contribution in [0.3, 0.4) is 0 Å². The SMILES string of the molecule is CCCC(C)C(=O)NC(CCl)C(C)C. The van der Waals surface area contributed by atoms with Gasteiger partial charge in [0.15, 0.2) is 0 Å². The quantitative estimate of drug-likeness (QED) is 0.684. The minimum Gasteiger partial charge on any atom is -0.352 e. The first kappa shape index (κ1) is 13.8. The molecule has 0 saturated carbocycles. The molecule has 0 bridgehead atoms. The summed E-state index contributed by atoms with van der Waals surface area (Å²) in [6.45, 7) is 8.19. The predicted molar refractivity (Wildman–Crippen MR) is 61.6 cm³/mol. The van der Waals surface area contributed by atoms with Crippen LogP contribution in [-0.4, -0.2) is 17.8 Å². The van der Waals surface area contributed by atoms with Crippen LogP contribution in [0.25, 0.3) is 0 Å². The van der Waals surface area contributed by atoms with Crippen LogP contribution in [0, 0.1) is 11.8 Å². The molecule has 0 aliphatic heterocycles. The Hall–Kier alpha value is -0.240. The number of alkyl halides is 1. The molecule has 14 heavy (non-hydrogen) atoms. The summed E-state index contributed by atoms with van der Waals surface area (Å²) in [5.41, 5.74) is 0. The Morgan fingerprint density at radius 2 is 1.93 bits per heavy atom. The number of halogens is 1. The van der Waals surface area contributed by atoms with E-state index in [9.17, 15) is 4.79 Å². The molecule has 2 nitrogen and oxygen atoms in total. The van der Waals surface area contributed by atoms with Gasteiger partial charge in [0, 0.05) is 17.8 Å². The summed E-state index contributed by atoms with van der Waals surface area (Å²) >= 11 is 5.77. The van der Waals surface area contributed by atoms with Gasteiger partial charge in [0.1, 0.15) is 0 Å². The highest BCUT2D eigenvalue weighted by molar-refractivity contribution is 6.18. The molecule has 1 N–H and O–H groups in total. The molecule has 3 heteroatoms. The standard InChI is InChI=1S/C11H22ClNO/c1-5-6-9(4)11(14)13-10(7-12)8(2)3/h8-10H,5-7H2,1-4H3,(H,13,14). The highest BCUT2D eigenvalue weighted by Gasteiger charge is 2.18. The summed E-state index contributed by atoms with van der Waals surface area (Å²) in [5, 5.41) is 2.98. The van der Waals surface area contributed by atoms with Crippen molar-refractivity contribution < 1.29 is 4.79 Å². The lowest BCUT2D eigenvalue weighted by Crippen LogP contribution is -2.42. The van der Waals surface area contributed by atoms with Crippen molar-refractivity contribution in [3.05, 3.63) is 0 Å². The Morgan fingerprint density at radius 1 is 1.36 bits per heavy atom. The second-order valence-electron chi connectivity index (χ2n) is 4.20. The number of rotatable bonds is 6. The summed E-state index contributed by atoms with van der Waals surface area (Å²) < 4.78 is 0. The lowest BCUT2D eigenvalue weighted by molar-refractivity contribution is -0.125. The van der Waals surface area contributed by atoms with Crippen molar-refractivity contribution in [2.24, 2.45) is 11.8 Å². The molecule has 0 fully saturated rings. The molecule has 2 atom stereocenters. The van der Waals surface area contributed by atoms with Crippen LogP contribution in [0.4, 0.5) is 0 Å². The lowest BCUT2D eigenvalue weighted by atomic mass is 10.0. The van der Waals surface area contributed by atoms with Gasteiger partial charge in [-0.1, -0.05) is 34.1 Å². The summed E-state index contributed by atoms with van der Waals surface area (Å²) in [4.78, 5) is 11.6. The first-order valence-electron chi connectivity index (χ1n) is 5.39. The Balaban J connectivity index is 4.01. The van der Waals surface area contributed by atoms with E-state index < -0.39 is 0 Å². The number of carbonyl (C=O) groups is 1. The molecule has 1 amide bonds. The van der Waals surface area contributed by atoms with Gasteiger partial charge in [0.25, 0.3) is 0 Å². The Morgan fingerprint density at radius 3 is 2.29 bits per heavy atom. The third-order valence-corrected chi connectivity index (χ3v) is 2.80. The van der Waals surface area contributed by atoms with Gasteiger partial charge >= 0.3 is 0 Å². The average Bonchev–Trinajstić information content (AvgIpc) is 2.13. The van der Waals surface area contributed by atoms with Crippen molar-refractivity contribution in [2.45, 2.75) is 46.6 Å². The van der Waals surface area contributed by atoms with Crippen LogP contribution in [0.2, 0.25) is 0 Å². The zero-order valence-corrected chi connectivity index (χ0v) is 10.4. The average molecular weight is 220 g/mol. The summed E-state index contributed by atoms with van der Waals surface area (Å²) in [5.74, 6) is 1.11. The van der Waals surface area contributed by atoms with Crippen LogP contribution in [0.1, 0.15) is 40.5 Å². The van der Waals surface area contributed by atoms with Gasteiger partial charge in [-0.25, -0.2) is 0 Å². The monoisotopic (exact) mass is 219 g/mol. The molecule has 84 valence electrons. The minimum atomic E-state index is 0.100. The van der Waals surface area contributed by atoms with E-state index in [-0.39, 0.29) is 17.9 Å². The van der Waals surface area contributed by atoms with Crippen LogP contribution < -0.4 is 5.32 Å². The van der Waals surface area contributed by atoms with Crippen molar-refractivity contribution in [1.29, 1.82) is 0 Å². The second kappa shape index (κ2) is 7.10. The van der Waals surface area contributed by atoms with Crippen molar-refractivity contribution in [3.8, 4) is 0 Å². The normalized spacial score (nSPS) is 15.3. The molecular formula is C11H22ClNO. The highest BCUT2D eigenvalue weighted by atomic mass is 35.5. The van der Waals surface area contributed by atoms with Crippen molar-refractivity contribution >= 4 is 17.5 Å². The smallest absolute Gasteiger partial charge is 0.223 e. The van der Waals surface area contributed by atoms with Gasteiger partial charge in [-0.15, -0.1) is 11.6 Å². The molecule has 0 aromatic heterocycles. The second-order valence-corrected chi connectivity index (χ2v) is 4.51. The Kier molecular flexibility index (Phi) is 6.98. The van der Waals surface area contributed by atoms with E-state index in [1.165, 1.54) is 0 Å². The number of hydrogen-bond donors (Lipinski definition) is 1. The van der Waals surface area contributed by atoms with Crippen LogP contribution in [-0.2, 0) is 4.79 Å². The van der Waals surface area contributed by atoms with E-state index in [1.807, 2.05) is 6.92 Å². The van der Waals surface area contributed by atoms with Gasteiger partial charge in [0.05, 0.1) is 0 Å². The fourth-order valence-corrected chi connectivity index (χ4v) is 1.71. The molecule has 0 heterocycles. The first-order valence-corrected chi connectivity index (χ1v) is 5.92. The van der Waals surface area contributed by atoms with E-state index in [2.05, 4.69) is 26.1 Å². The lowest BCUT2D eigenvalue weighted by Gasteiger charge is -2.21. The van der Waals surface area contributed by atoms with Gasteiger partial charge in [0.2, 0.25) is 5.91 Å². The minimum absolute atomic E-state index is 0.100. The van der Waals surface area contributed by atoms with E-state index in [0.717, 1.165) is 12.8 Å². The zero-order valence-electron chi connectivity index (χ0n) is 9.64. The van der Waals surface area contributed by atoms with Crippen LogP contribution >= 0.6 is 11.6 Å². The zero-order chi connectivity index (χ0) is 11.1. The predicted octanol–water partition coefficient (Wildman–Crippen LogP) is 2.80. The van der Waals surface area contributed by atoms with Crippen molar-refractivity contribution in [3.63, 3.8) is 0 Å². The highest BCUT2D eigenvalue weighted by Crippen LogP contribution is 2.08. The van der Waals surface area contributed by atoms with E-state index in [1.54, 1.807) is 0 Å². The number of nitrogens with one attached hydrogen (secondary N) is 1.